The second-order valence-corrected chi connectivity index (χ2v) is 12.6. The van der Waals surface area contributed by atoms with E-state index in [0.717, 1.165) is 6.26 Å². The van der Waals surface area contributed by atoms with Gasteiger partial charge in [-0.3, -0.25) is 10.1 Å². The normalized spacial score (nSPS) is 13.0. The van der Waals surface area contributed by atoms with E-state index < -0.39 is 31.8 Å². The number of sulfone groups is 1. The molecule has 14 heteroatoms. The molecule has 1 heterocycles. The Bertz CT molecular complexity index is 1390. The molecular weight excluding hydrogens is 531 g/mol. The van der Waals surface area contributed by atoms with Crippen LogP contribution in [0.2, 0.25) is 10.0 Å². The van der Waals surface area contributed by atoms with Gasteiger partial charge in [0.15, 0.2) is 9.84 Å². The lowest BCUT2D eigenvalue weighted by molar-refractivity contribution is 0.102. The molecule has 0 spiro atoms. The number of hydrogen-bond acceptors (Lipinski definition) is 8. The molecule has 2 aromatic carbocycles. The van der Waals surface area contributed by atoms with Gasteiger partial charge < -0.3 is 0 Å². The summed E-state index contributed by atoms with van der Waals surface area (Å²) < 4.78 is 51.1. The van der Waals surface area contributed by atoms with Crippen molar-refractivity contribution in [3.8, 4) is 0 Å². The summed E-state index contributed by atoms with van der Waals surface area (Å²) >= 11 is 12.5. The molecule has 1 aromatic heterocycles. The molecule has 33 heavy (non-hydrogen) atoms. The van der Waals surface area contributed by atoms with Crippen LogP contribution >= 0.6 is 34.5 Å². The number of benzene rings is 2. The number of nitrogens with one attached hydrogen (secondary N) is 2. The molecule has 2 N–H and O–H groups in total. The standard InChI is InChI=1S/C19H18Cl2N4O5S3/c1-3-16(11-4-7-13(8-5-11)32(2,27)28)25-33(29,30)19-24-23-18(31-19)22-17(26)14-9-6-12(20)10-15(14)21/h4-10,16,25H,3H2,1-2H3,(H,22,23,26)/t16-/m0/s1. The highest BCUT2D eigenvalue weighted by atomic mass is 35.5. The van der Waals surface area contributed by atoms with E-state index in [1.165, 1.54) is 30.3 Å². The van der Waals surface area contributed by atoms with E-state index in [9.17, 15) is 21.6 Å². The van der Waals surface area contributed by atoms with Gasteiger partial charge in [-0.25, -0.2) is 21.6 Å². The van der Waals surface area contributed by atoms with Gasteiger partial charge in [0.2, 0.25) is 9.47 Å². The quantitative estimate of drug-likeness (QED) is 0.407. The fourth-order valence-corrected chi connectivity index (χ4v) is 6.12. The van der Waals surface area contributed by atoms with Gasteiger partial charge in [0.05, 0.1) is 15.5 Å². The number of carbonyl (C=O) groups is 1. The molecule has 0 radical (unpaired) electrons. The number of halogens is 2. The van der Waals surface area contributed by atoms with E-state index >= 15 is 0 Å². The summed E-state index contributed by atoms with van der Waals surface area (Å²) in [5.41, 5.74) is 0.728. The molecule has 3 rings (SSSR count). The number of aromatic nitrogens is 2. The molecule has 3 aromatic rings. The van der Waals surface area contributed by atoms with E-state index in [-0.39, 0.29) is 25.0 Å². The molecule has 0 aliphatic heterocycles. The van der Waals surface area contributed by atoms with Crippen LogP contribution in [0.1, 0.15) is 35.3 Å². The maximum atomic E-state index is 12.8. The fraction of sp³-hybridized carbons (Fsp3) is 0.211. The minimum absolute atomic E-state index is 0.0306. The van der Waals surface area contributed by atoms with Gasteiger partial charge >= 0.3 is 0 Å². The summed E-state index contributed by atoms with van der Waals surface area (Å²) in [6.45, 7) is 1.78. The monoisotopic (exact) mass is 548 g/mol. The third-order valence-electron chi connectivity index (χ3n) is 4.45. The summed E-state index contributed by atoms with van der Waals surface area (Å²) in [4.78, 5) is 12.5. The largest absolute Gasteiger partial charge is 0.296 e. The zero-order chi connectivity index (χ0) is 24.4. The lowest BCUT2D eigenvalue weighted by Crippen LogP contribution is -2.28. The summed E-state index contributed by atoms with van der Waals surface area (Å²) in [6.07, 6.45) is 1.49. The number of nitrogens with zero attached hydrogens (tertiary/aromatic N) is 2. The van der Waals surface area contributed by atoms with Gasteiger partial charge in [0.1, 0.15) is 0 Å². The Balaban J connectivity index is 1.75. The Morgan fingerprint density at radius 2 is 1.73 bits per heavy atom. The number of hydrogen-bond donors (Lipinski definition) is 2. The van der Waals surface area contributed by atoms with Crippen molar-refractivity contribution in [2.45, 2.75) is 28.6 Å². The van der Waals surface area contributed by atoms with E-state index in [1.54, 1.807) is 19.1 Å². The average molecular weight is 549 g/mol. The van der Waals surface area contributed by atoms with Crippen LogP contribution in [0.3, 0.4) is 0 Å². The maximum Gasteiger partial charge on any atom is 0.270 e. The van der Waals surface area contributed by atoms with Crippen molar-refractivity contribution in [2.75, 3.05) is 11.6 Å². The first-order chi connectivity index (χ1) is 15.4. The van der Waals surface area contributed by atoms with Crippen LogP contribution in [0.5, 0.6) is 0 Å². The summed E-state index contributed by atoms with van der Waals surface area (Å²) in [5.74, 6) is -0.595. The molecule has 0 bridgehead atoms. The first-order valence-corrected chi connectivity index (χ1v) is 14.3. The van der Waals surface area contributed by atoms with Crippen LogP contribution in [0.25, 0.3) is 0 Å². The predicted octanol–water partition coefficient (Wildman–Crippen LogP) is 3.93. The molecule has 0 unspecified atom stereocenters. The lowest BCUT2D eigenvalue weighted by Gasteiger charge is -2.16. The van der Waals surface area contributed by atoms with Crippen molar-refractivity contribution in [3.05, 3.63) is 63.6 Å². The van der Waals surface area contributed by atoms with Gasteiger partial charge in [-0.15, -0.1) is 10.2 Å². The molecule has 0 aliphatic rings. The number of amides is 1. The van der Waals surface area contributed by atoms with Gasteiger partial charge in [-0.2, -0.15) is 0 Å². The van der Waals surface area contributed by atoms with Crippen molar-refractivity contribution < 1.29 is 21.6 Å². The molecule has 0 saturated heterocycles. The second-order valence-electron chi connectivity index (χ2n) is 6.87. The fourth-order valence-electron chi connectivity index (χ4n) is 2.78. The van der Waals surface area contributed by atoms with Gasteiger partial charge in [-0.1, -0.05) is 53.6 Å². The molecule has 0 aliphatic carbocycles. The number of carbonyl (C=O) groups excluding carboxylic acids is 1. The predicted molar refractivity (Wildman–Crippen MR) is 127 cm³/mol. The lowest BCUT2D eigenvalue weighted by atomic mass is 10.1. The Morgan fingerprint density at radius 3 is 2.30 bits per heavy atom. The summed E-state index contributed by atoms with van der Waals surface area (Å²) in [6, 6.07) is 9.65. The minimum atomic E-state index is -4.07. The highest BCUT2D eigenvalue weighted by molar-refractivity contribution is 7.91. The molecule has 1 amide bonds. The van der Waals surface area contributed by atoms with E-state index in [0.29, 0.717) is 28.3 Å². The topological polar surface area (TPSA) is 135 Å². The SMILES string of the molecule is CC[C@H](NS(=O)(=O)c1nnc(NC(=O)c2ccc(Cl)cc2Cl)s1)c1ccc(S(C)(=O)=O)cc1. The van der Waals surface area contributed by atoms with E-state index in [2.05, 4.69) is 20.2 Å². The first kappa shape index (κ1) is 25.5. The van der Waals surface area contributed by atoms with Crippen molar-refractivity contribution in [1.82, 2.24) is 14.9 Å². The Hall–Kier alpha value is -2.09. The third kappa shape index (κ3) is 6.28. The summed E-state index contributed by atoms with van der Waals surface area (Å²) in [5, 5.41) is 10.3. The van der Waals surface area contributed by atoms with E-state index in [1.807, 2.05) is 0 Å². The van der Waals surface area contributed by atoms with Crippen LogP contribution in [-0.2, 0) is 19.9 Å². The van der Waals surface area contributed by atoms with Crippen molar-refractivity contribution in [3.63, 3.8) is 0 Å². The molecule has 1 atom stereocenters. The number of sulfonamides is 1. The smallest absolute Gasteiger partial charge is 0.270 e. The molecule has 0 saturated carbocycles. The van der Waals surface area contributed by atoms with Crippen LogP contribution in [0, 0.1) is 0 Å². The molecule has 0 fully saturated rings. The van der Waals surface area contributed by atoms with Gasteiger partial charge in [-0.05, 0) is 42.3 Å². The van der Waals surface area contributed by atoms with Crippen molar-refractivity contribution in [1.29, 1.82) is 0 Å². The van der Waals surface area contributed by atoms with Crippen LogP contribution in [-0.4, -0.2) is 39.2 Å². The van der Waals surface area contributed by atoms with Crippen LogP contribution in [0.15, 0.2) is 51.7 Å². The number of rotatable bonds is 8. The maximum absolute atomic E-state index is 12.8. The van der Waals surface area contributed by atoms with Crippen LogP contribution in [0.4, 0.5) is 5.13 Å². The Kier molecular flexibility index (Phi) is 7.76. The zero-order valence-corrected chi connectivity index (χ0v) is 21.2. The van der Waals surface area contributed by atoms with Gasteiger partial charge in [0, 0.05) is 17.3 Å². The highest BCUT2D eigenvalue weighted by Gasteiger charge is 2.25. The zero-order valence-electron chi connectivity index (χ0n) is 17.2. The minimum Gasteiger partial charge on any atom is -0.296 e. The number of anilines is 1. The van der Waals surface area contributed by atoms with Gasteiger partial charge in [0.25, 0.3) is 15.9 Å². The Labute approximate surface area is 205 Å². The van der Waals surface area contributed by atoms with E-state index in [4.69, 9.17) is 23.2 Å². The van der Waals surface area contributed by atoms with Crippen molar-refractivity contribution in [2.24, 2.45) is 0 Å². The third-order valence-corrected chi connectivity index (χ3v) is 8.80. The van der Waals surface area contributed by atoms with Crippen molar-refractivity contribution >= 4 is 65.4 Å². The van der Waals surface area contributed by atoms with Crippen LogP contribution < -0.4 is 10.0 Å². The summed E-state index contributed by atoms with van der Waals surface area (Å²) in [7, 11) is -7.44. The highest BCUT2D eigenvalue weighted by Crippen LogP contribution is 2.26. The second kappa shape index (κ2) is 10.0. The molecule has 9 nitrogen and oxygen atoms in total. The molecule has 176 valence electrons. The molecular formula is C19H18Cl2N4O5S3. The first-order valence-electron chi connectivity index (χ1n) is 9.33. The average Bonchev–Trinajstić information content (AvgIpc) is 3.21. The Morgan fingerprint density at radius 1 is 1.06 bits per heavy atom.